The highest BCUT2D eigenvalue weighted by Crippen LogP contribution is 2.19. The van der Waals surface area contributed by atoms with Gasteiger partial charge in [0.1, 0.15) is 0 Å². The number of aryl methyl sites for hydroxylation is 1. The molecule has 0 heterocycles. The Balaban J connectivity index is 2.22. The van der Waals surface area contributed by atoms with Crippen LogP contribution in [0.1, 0.15) is 12.5 Å². The Morgan fingerprint density at radius 1 is 1.20 bits per heavy atom. The fraction of sp³-hybridized carbons (Fsp3) is 0.188. The van der Waals surface area contributed by atoms with E-state index >= 15 is 0 Å². The number of rotatable bonds is 3. The van der Waals surface area contributed by atoms with Gasteiger partial charge in [0, 0.05) is 17.8 Å². The summed E-state index contributed by atoms with van der Waals surface area (Å²) in [5.74, 6) is 0.445. The zero-order valence-electron chi connectivity index (χ0n) is 11.7. The molecule has 0 aliphatic rings. The summed E-state index contributed by atoms with van der Waals surface area (Å²) in [5.41, 5.74) is 9.14. The van der Waals surface area contributed by atoms with E-state index < -0.39 is 0 Å². The molecule has 3 nitrogen and oxygen atoms in total. The normalized spacial score (nSPS) is 11.4. The van der Waals surface area contributed by atoms with Gasteiger partial charge in [0.05, 0.1) is 5.69 Å². The number of halogens is 1. The van der Waals surface area contributed by atoms with Gasteiger partial charge < -0.3 is 10.6 Å². The minimum atomic E-state index is 0.445. The second-order valence-electron chi connectivity index (χ2n) is 4.53. The third-order valence-corrected chi connectivity index (χ3v) is 3.37. The van der Waals surface area contributed by atoms with Crippen molar-refractivity contribution < 1.29 is 0 Å². The SMILES string of the molecule is CCc1cccc(N(C)C(N)=Nc2ccc(Cl)cc2)c1. The summed E-state index contributed by atoms with van der Waals surface area (Å²) < 4.78 is 0. The lowest BCUT2D eigenvalue weighted by atomic mass is 10.1. The van der Waals surface area contributed by atoms with Crippen LogP contribution < -0.4 is 10.6 Å². The van der Waals surface area contributed by atoms with Gasteiger partial charge in [-0.15, -0.1) is 0 Å². The highest BCUT2D eigenvalue weighted by Gasteiger charge is 2.05. The first-order valence-electron chi connectivity index (χ1n) is 6.52. The average molecular weight is 288 g/mol. The lowest BCUT2D eigenvalue weighted by molar-refractivity contribution is 1.13. The molecule has 0 radical (unpaired) electrons. The summed E-state index contributed by atoms with van der Waals surface area (Å²) in [4.78, 5) is 6.26. The smallest absolute Gasteiger partial charge is 0.200 e. The van der Waals surface area contributed by atoms with Crippen LogP contribution in [-0.4, -0.2) is 13.0 Å². The van der Waals surface area contributed by atoms with E-state index in [1.54, 1.807) is 12.1 Å². The van der Waals surface area contributed by atoms with Crippen molar-refractivity contribution in [3.05, 3.63) is 59.1 Å². The molecule has 0 bridgehead atoms. The fourth-order valence-electron chi connectivity index (χ4n) is 1.84. The molecule has 4 heteroatoms. The van der Waals surface area contributed by atoms with E-state index in [0.29, 0.717) is 11.0 Å². The highest BCUT2D eigenvalue weighted by molar-refractivity contribution is 6.30. The summed E-state index contributed by atoms with van der Waals surface area (Å²) >= 11 is 5.85. The van der Waals surface area contributed by atoms with Gasteiger partial charge in [-0.25, -0.2) is 4.99 Å². The summed E-state index contributed by atoms with van der Waals surface area (Å²) in [5, 5.41) is 0.687. The Morgan fingerprint density at radius 3 is 2.55 bits per heavy atom. The van der Waals surface area contributed by atoms with Gasteiger partial charge in [0.2, 0.25) is 5.96 Å². The zero-order chi connectivity index (χ0) is 14.5. The molecule has 0 saturated carbocycles. The summed E-state index contributed by atoms with van der Waals surface area (Å²) in [6.07, 6.45) is 0.996. The Morgan fingerprint density at radius 2 is 1.90 bits per heavy atom. The highest BCUT2D eigenvalue weighted by atomic mass is 35.5. The van der Waals surface area contributed by atoms with Gasteiger partial charge in [0.15, 0.2) is 0 Å². The molecule has 2 aromatic carbocycles. The molecule has 0 atom stereocenters. The first kappa shape index (κ1) is 14.4. The molecule has 0 aromatic heterocycles. The molecule has 0 aliphatic carbocycles. The number of nitrogens with two attached hydrogens (primary N) is 1. The van der Waals surface area contributed by atoms with Crippen molar-refractivity contribution in [3.63, 3.8) is 0 Å². The molecular weight excluding hydrogens is 270 g/mol. The molecule has 0 saturated heterocycles. The predicted molar refractivity (Wildman–Crippen MR) is 87.0 cm³/mol. The van der Waals surface area contributed by atoms with Gasteiger partial charge in [-0.2, -0.15) is 0 Å². The maximum atomic E-state index is 6.05. The molecule has 2 aromatic rings. The standard InChI is InChI=1S/C16H18ClN3/c1-3-12-5-4-6-15(11-12)20(2)16(18)19-14-9-7-13(17)8-10-14/h4-11H,3H2,1-2H3,(H2,18,19). The van der Waals surface area contributed by atoms with E-state index in [9.17, 15) is 0 Å². The Bertz CT molecular complexity index is 605. The number of guanidine groups is 1. The summed E-state index contributed by atoms with van der Waals surface area (Å²) in [6, 6.07) is 15.5. The van der Waals surface area contributed by atoms with Crippen LogP contribution in [0.3, 0.4) is 0 Å². The number of hydrogen-bond donors (Lipinski definition) is 1. The molecule has 0 fully saturated rings. The minimum absolute atomic E-state index is 0.445. The fourth-order valence-corrected chi connectivity index (χ4v) is 1.97. The van der Waals surface area contributed by atoms with Crippen LogP contribution in [0.5, 0.6) is 0 Å². The maximum absolute atomic E-state index is 6.05. The van der Waals surface area contributed by atoms with Gasteiger partial charge in [0.25, 0.3) is 0 Å². The Kier molecular flexibility index (Phi) is 4.64. The third-order valence-electron chi connectivity index (χ3n) is 3.12. The number of anilines is 1. The van der Waals surface area contributed by atoms with Crippen molar-refractivity contribution in [3.8, 4) is 0 Å². The lowest BCUT2D eigenvalue weighted by Crippen LogP contribution is -2.33. The summed E-state index contributed by atoms with van der Waals surface area (Å²) in [6.45, 7) is 2.13. The third kappa shape index (κ3) is 3.52. The van der Waals surface area contributed by atoms with E-state index in [2.05, 4.69) is 24.0 Å². The quantitative estimate of drug-likeness (QED) is 0.685. The van der Waals surface area contributed by atoms with Crippen molar-refractivity contribution in [1.29, 1.82) is 0 Å². The minimum Gasteiger partial charge on any atom is -0.369 e. The van der Waals surface area contributed by atoms with E-state index in [1.165, 1.54) is 5.56 Å². The van der Waals surface area contributed by atoms with E-state index in [-0.39, 0.29) is 0 Å². The van der Waals surface area contributed by atoms with Gasteiger partial charge in [-0.1, -0.05) is 30.7 Å². The molecule has 2 N–H and O–H groups in total. The Labute approximate surface area is 124 Å². The van der Waals surface area contributed by atoms with Crippen LogP contribution in [0.25, 0.3) is 0 Å². The second-order valence-corrected chi connectivity index (χ2v) is 4.97. The van der Waals surface area contributed by atoms with Crippen LogP contribution in [0, 0.1) is 0 Å². The van der Waals surface area contributed by atoms with Crippen molar-refractivity contribution >= 4 is 28.9 Å². The van der Waals surface area contributed by atoms with Crippen molar-refractivity contribution in [1.82, 2.24) is 0 Å². The molecule has 104 valence electrons. The Hall–Kier alpha value is -2.00. The number of aliphatic imine (C=N–C) groups is 1. The van der Waals surface area contributed by atoms with E-state index in [1.807, 2.05) is 36.2 Å². The number of nitrogens with zero attached hydrogens (tertiary/aromatic N) is 2. The topological polar surface area (TPSA) is 41.6 Å². The van der Waals surface area contributed by atoms with Crippen molar-refractivity contribution in [2.24, 2.45) is 10.7 Å². The largest absolute Gasteiger partial charge is 0.369 e. The van der Waals surface area contributed by atoms with E-state index in [0.717, 1.165) is 17.8 Å². The van der Waals surface area contributed by atoms with Gasteiger partial charge >= 0.3 is 0 Å². The zero-order valence-corrected chi connectivity index (χ0v) is 12.4. The molecule has 0 aliphatic heterocycles. The maximum Gasteiger partial charge on any atom is 0.200 e. The molecule has 2 rings (SSSR count). The van der Waals surface area contributed by atoms with Crippen molar-refractivity contribution in [2.45, 2.75) is 13.3 Å². The molecule has 0 amide bonds. The second kappa shape index (κ2) is 6.44. The van der Waals surface area contributed by atoms with E-state index in [4.69, 9.17) is 17.3 Å². The lowest BCUT2D eigenvalue weighted by Gasteiger charge is -2.18. The van der Waals surface area contributed by atoms with Crippen LogP contribution in [0.4, 0.5) is 11.4 Å². The molecule has 0 spiro atoms. The molecule has 0 unspecified atom stereocenters. The van der Waals surface area contributed by atoms with Crippen LogP contribution in [0.2, 0.25) is 5.02 Å². The number of benzene rings is 2. The van der Waals surface area contributed by atoms with Gasteiger partial charge in [-0.3, -0.25) is 0 Å². The monoisotopic (exact) mass is 287 g/mol. The van der Waals surface area contributed by atoms with Crippen LogP contribution in [-0.2, 0) is 6.42 Å². The molecular formula is C16H18ClN3. The average Bonchev–Trinajstić information content (AvgIpc) is 2.48. The summed E-state index contributed by atoms with van der Waals surface area (Å²) in [7, 11) is 1.91. The number of hydrogen-bond acceptors (Lipinski definition) is 1. The first-order valence-corrected chi connectivity index (χ1v) is 6.90. The van der Waals surface area contributed by atoms with Gasteiger partial charge in [-0.05, 0) is 48.4 Å². The van der Waals surface area contributed by atoms with Crippen molar-refractivity contribution in [2.75, 3.05) is 11.9 Å². The van der Waals surface area contributed by atoms with Crippen LogP contribution >= 0.6 is 11.6 Å². The predicted octanol–water partition coefficient (Wildman–Crippen LogP) is 3.99. The molecule has 20 heavy (non-hydrogen) atoms. The van der Waals surface area contributed by atoms with Crippen LogP contribution in [0.15, 0.2) is 53.5 Å². The first-order chi connectivity index (χ1) is 9.60.